The zero-order chi connectivity index (χ0) is 21.9. The second-order valence-corrected chi connectivity index (χ2v) is 7.31. The van der Waals surface area contributed by atoms with Crippen LogP contribution in [0.3, 0.4) is 0 Å². The number of benzene rings is 1. The molecule has 0 bridgehead atoms. The molecule has 2 amide bonds. The summed E-state index contributed by atoms with van der Waals surface area (Å²) in [5, 5.41) is 9.66. The number of carbonyl (C=O) groups is 2. The molecule has 0 aliphatic carbocycles. The molecule has 10 heteroatoms. The predicted molar refractivity (Wildman–Crippen MR) is 103 cm³/mol. The standard InChI is InChI=1S/C20H24F3N5O2/c1-13-9-15(26-27(13)2)11-25-18(29)10-17-19(30)24-7-8-28(17)12-14-5-3-4-6-16(14)20(21,22)23/h3-6,9,17H,7-8,10-12H2,1-2H3,(H,24,30)(H,25,29)/t17-/m0/s1. The van der Waals surface area contributed by atoms with Crippen LogP contribution in [0.5, 0.6) is 0 Å². The normalized spacial score (nSPS) is 17.6. The molecule has 2 N–H and O–H groups in total. The van der Waals surface area contributed by atoms with Gasteiger partial charge in [0.2, 0.25) is 11.8 Å². The lowest BCUT2D eigenvalue weighted by Gasteiger charge is -2.35. The number of nitrogens with one attached hydrogen (secondary N) is 2. The van der Waals surface area contributed by atoms with Gasteiger partial charge in [-0.05, 0) is 24.6 Å². The molecular formula is C20H24F3N5O2. The highest BCUT2D eigenvalue weighted by Crippen LogP contribution is 2.32. The molecule has 1 saturated heterocycles. The van der Waals surface area contributed by atoms with Crippen LogP contribution < -0.4 is 10.6 Å². The minimum absolute atomic E-state index is 0.0690. The maximum absolute atomic E-state index is 13.3. The smallest absolute Gasteiger partial charge is 0.353 e. The number of halogens is 3. The van der Waals surface area contributed by atoms with Crippen molar-refractivity contribution in [3.05, 3.63) is 52.8 Å². The lowest BCUT2D eigenvalue weighted by atomic mass is 10.0. The SMILES string of the molecule is Cc1cc(CNC(=O)C[C@H]2C(=O)NCCN2Cc2ccccc2C(F)(F)F)nn1C. The van der Waals surface area contributed by atoms with Gasteiger partial charge >= 0.3 is 6.18 Å². The van der Waals surface area contributed by atoms with Crippen molar-refractivity contribution in [1.82, 2.24) is 25.3 Å². The third kappa shape index (κ3) is 5.18. The molecule has 7 nitrogen and oxygen atoms in total. The number of amides is 2. The van der Waals surface area contributed by atoms with Crippen LogP contribution in [0.4, 0.5) is 13.2 Å². The molecule has 0 radical (unpaired) electrons. The summed E-state index contributed by atoms with van der Waals surface area (Å²) in [6, 6.07) is 6.29. The van der Waals surface area contributed by atoms with E-state index in [9.17, 15) is 22.8 Å². The van der Waals surface area contributed by atoms with Gasteiger partial charge in [0.15, 0.2) is 0 Å². The topological polar surface area (TPSA) is 79.3 Å². The first kappa shape index (κ1) is 21.8. The Labute approximate surface area is 172 Å². The number of nitrogens with zero attached hydrogens (tertiary/aromatic N) is 3. The maximum Gasteiger partial charge on any atom is 0.416 e. The van der Waals surface area contributed by atoms with Crippen LogP contribution in [0.15, 0.2) is 30.3 Å². The minimum Gasteiger partial charge on any atom is -0.353 e. The van der Waals surface area contributed by atoms with Crippen molar-refractivity contribution >= 4 is 11.8 Å². The monoisotopic (exact) mass is 423 g/mol. The van der Waals surface area contributed by atoms with Crippen molar-refractivity contribution in [2.75, 3.05) is 13.1 Å². The molecule has 1 aliphatic rings. The van der Waals surface area contributed by atoms with Crippen LogP contribution in [0.1, 0.15) is 28.9 Å². The van der Waals surface area contributed by atoms with Gasteiger partial charge in [0.1, 0.15) is 0 Å². The Bertz CT molecular complexity index is 906. The Morgan fingerprint density at radius 2 is 2.07 bits per heavy atom. The first-order chi connectivity index (χ1) is 14.1. The molecule has 1 atom stereocenters. The van der Waals surface area contributed by atoms with Crippen molar-refractivity contribution in [2.24, 2.45) is 7.05 Å². The Kier molecular flexibility index (Phi) is 6.45. The van der Waals surface area contributed by atoms with Crippen LogP contribution in [-0.4, -0.2) is 45.6 Å². The van der Waals surface area contributed by atoms with E-state index >= 15 is 0 Å². The predicted octanol–water partition coefficient (Wildman–Crippen LogP) is 1.75. The number of alkyl halides is 3. The lowest BCUT2D eigenvalue weighted by molar-refractivity contribution is -0.139. The molecule has 3 rings (SSSR count). The van der Waals surface area contributed by atoms with E-state index in [-0.39, 0.29) is 36.9 Å². The van der Waals surface area contributed by atoms with Crippen LogP contribution in [0.25, 0.3) is 0 Å². The number of rotatable bonds is 6. The fourth-order valence-corrected chi connectivity index (χ4v) is 3.49. The van der Waals surface area contributed by atoms with Gasteiger partial charge in [-0.1, -0.05) is 18.2 Å². The van der Waals surface area contributed by atoms with Crippen molar-refractivity contribution in [1.29, 1.82) is 0 Å². The quantitative estimate of drug-likeness (QED) is 0.742. The van der Waals surface area contributed by atoms with Gasteiger partial charge in [-0.15, -0.1) is 0 Å². The van der Waals surface area contributed by atoms with Gasteiger partial charge in [-0.2, -0.15) is 18.3 Å². The average molecular weight is 423 g/mol. The number of carbonyl (C=O) groups excluding carboxylic acids is 2. The molecule has 0 unspecified atom stereocenters. The highest BCUT2D eigenvalue weighted by molar-refractivity contribution is 5.88. The summed E-state index contributed by atoms with van der Waals surface area (Å²) in [6.07, 6.45) is -4.63. The lowest BCUT2D eigenvalue weighted by Crippen LogP contribution is -2.56. The third-order valence-corrected chi connectivity index (χ3v) is 5.15. The molecule has 30 heavy (non-hydrogen) atoms. The number of hydrogen-bond donors (Lipinski definition) is 2. The van der Waals surface area contributed by atoms with Crippen LogP contribution in [0.2, 0.25) is 0 Å². The van der Waals surface area contributed by atoms with E-state index in [0.29, 0.717) is 18.8 Å². The summed E-state index contributed by atoms with van der Waals surface area (Å²) >= 11 is 0. The van der Waals surface area contributed by atoms with Crippen LogP contribution >= 0.6 is 0 Å². The van der Waals surface area contributed by atoms with E-state index in [0.717, 1.165) is 11.8 Å². The molecule has 2 aromatic rings. The van der Waals surface area contributed by atoms with Crippen LogP contribution in [0, 0.1) is 6.92 Å². The molecule has 1 aliphatic heterocycles. The van der Waals surface area contributed by atoms with Crippen molar-refractivity contribution in [3.63, 3.8) is 0 Å². The van der Waals surface area contributed by atoms with Gasteiger partial charge < -0.3 is 10.6 Å². The summed E-state index contributed by atoms with van der Waals surface area (Å²) in [5.41, 5.74) is 0.978. The van der Waals surface area contributed by atoms with E-state index in [1.807, 2.05) is 13.0 Å². The second kappa shape index (κ2) is 8.86. The molecular weight excluding hydrogens is 399 g/mol. The Morgan fingerprint density at radius 3 is 2.73 bits per heavy atom. The summed E-state index contributed by atoms with van der Waals surface area (Å²) in [6.45, 7) is 2.71. The molecule has 1 aromatic heterocycles. The summed E-state index contributed by atoms with van der Waals surface area (Å²) in [5.74, 6) is -0.732. The largest absolute Gasteiger partial charge is 0.416 e. The van der Waals surface area contributed by atoms with E-state index in [4.69, 9.17) is 0 Å². The summed E-state index contributed by atoms with van der Waals surface area (Å²) in [4.78, 5) is 26.4. The molecule has 1 aromatic carbocycles. The van der Waals surface area contributed by atoms with Crippen LogP contribution in [-0.2, 0) is 35.9 Å². The minimum atomic E-state index is -4.48. The van der Waals surface area contributed by atoms with Crippen molar-refractivity contribution < 1.29 is 22.8 Å². The zero-order valence-corrected chi connectivity index (χ0v) is 16.8. The van der Waals surface area contributed by atoms with Gasteiger partial charge in [0.05, 0.1) is 30.3 Å². The van der Waals surface area contributed by atoms with E-state index in [2.05, 4.69) is 15.7 Å². The molecule has 0 saturated carbocycles. The maximum atomic E-state index is 13.3. The number of aromatic nitrogens is 2. The number of piperazine rings is 1. The van der Waals surface area contributed by atoms with E-state index in [1.165, 1.54) is 18.2 Å². The highest BCUT2D eigenvalue weighted by atomic mass is 19.4. The summed E-state index contributed by atoms with van der Waals surface area (Å²) < 4.78 is 41.6. The molecule has 162 valence electrons. The fourth-order valence-electron chi connectivity index (χ4n) is 3.49. The number of aryl methyl sites for hydroxylation is 2. The third-order valence-electron chi connectivity index (χ3n) is 5.15. The highest BCUT2D eigenvalue weighted by Gasteiger charge is 2.36. The molecule has 0 spiro atoms. The van der Waals surface area contributed by atoms with Gasteiger partial charge in [0.25, 0.3) is 0 Å². The van der Waals surface area contributed by atoms with Crippen molar-refractivity contribution in [2.45, 2.75) is 38.7 Å². The Morgan fingerprint density at radius 1 is 1.33 bits per heavy atom. The second-order valence-electron chi connectivity index (χ2n) is 7.31. The van der Waals surface area contributed by atoms with Gasteiger partial charge in [0, 0.05) is 32.4 Å². The van der Waals surface area contributed by atoms with E-state index < -0.39 is 17.8 Å². The van der Waals surface area contributed by atoms with E-state index in [1.54, 1.807) is 16.6 Å². The van der Waals surface area contributed by atoms with Gasteiger partial charge in [-0.25, -0.2) is 0 Å². The van der Waals surface area contributed by atoms with Crippen molar-refractivity contribution in [3.8, 4) is 0 Å². The number of hydrogen-bond acceptors (Lipinski definition) is 4. The summed E-state index contributed by atoms with van der Waals surface area (Å²) in [7, 11) is 1.80. The average Bonchev–Trinajstić information content (AvgIpc) is 3.00. The zero-order valence-electron chi connectivity index (χ0n) is 16.8. The Balaban J connectivity index is 1.68. The first-order valence-electron chi connectivity index (χ1n) is 9.58. The Hall–Kier alpha value is -2.88. The molecule has 2 heterocycles. The van der Waals surface area contributed by atoms with Gasteiger partial charge in [-0.3, -0.25) is 19.2 Å². The first-order valence-corrected chi connectivity index (χ1v) is 9.58. The molecule has 1 fully saturated rings. The fraction of sp³-hybridized carbons (Fsp3) is 0.450.